The minimum atomic E-state index is 0. The van der Waals surface area contributed by atoms with Gasteiger partial charge in [-0.25, -0.2) is 0 Å². The predicted octanol–water partition coefficient (Wildman–Crippen LogP) is 3.99. The van der Waals surface area contributed by atoms with Gasteiger partial charge < -0.3 is 10.6 Å². The van der Waals surface area contributed by atoms with Crippen molar-refractivity contribution in [3.63, 3.8) is 0 Å². The van der Waals surface area contributed by atoms with Gasteiger partial charge in [-0.15, -0.1) is 24.0 Å². The van der Waals surface area contributed by atoms with Crippen LogP contribution in [0.2, 0.25) is 0 Å². The molecule has 0 unspecified atom stereocenters. The molecule has 0 bridgehead atoms. The molecule has 0 saturated heterocycles. The molecule has 0 spiro atoms. The van der Waals surface area contributed by atoms with E-state index in [2.05, 4.69) is 23.6 Å². The summed E-state index contributed by atoms with van der Waals surface area (Å²) in [5.41, 5.74) is 1.62. The average Bonchev–Trinajstić information content (AvgIpc) is 2.93. The standard InChI is InChI=1S/C16H29N3.HI/c1-2-17-16(19-15-10-6-7-11-15)18-13-12-14-8-4-3-5-9-14;/h8,15H,2-7,9-13H2,1H3,(H2,17,18,19);1H. The molecule has 2 rings (SSSR count). The first-order valence-electron chi connectivity index (χ1n) is 8.11. The first kappa shape index (κ1) is 17.8. The number of guanidine groups is 1. The Hall–Kier alpha value is -0.260. The molecule has 0 aromatic carbocycles. The van der Waals surface area contributed by atoms with Crippen molar-refractivity contribution in [2.24, 2.45) is 4.99 Å². The molecule has 0 aromatic rings. The Morgan fingerprint density at radius 1 is 1.25 bits per heavy atom. The Balaban J connectivity index is 0.00000200. The van der Waals surface area contributed by atoms with Crippen LogP contribution in [0.25, 0.3) is 0 Å². The minimum absolute atomic E-state index is 0. The lowest BCUT2D eigenvalue weighted by Crippen LogP contribution is -2.42. The summed E-state index contributed by atoms with van der Waals surface area (Å²) in [4.78, 5) is 4.72. The molecule has 0 atom stereocenters. The third-order valence-electron chi connectivity index (χ3n) is 4.13. The summed E-state index contributed by atoms with van der Waals surface area (Å²) < 4.78 is 0. The topological polar surface area (TPSA) is 36.4 Å². The van der Waals surface area contributed by atoms with Gasteiger partial charge in [-0.3, -0.25) is 4.99 Å². The Morgan fingerprint density at radius 2 is 2.05 bits per heavy atom. The highest BCUT2D eigenvalue weighted by atomic mass is 127. The molecule has 0 aliphatic heterocycles. The summed E-state index contributed by atoms with van der Waals surface area (Å²) in [6, 6.07) is 0.645. The fourth-order valence-corrected chi connectivity index (χ4v) is 3.03. The summed E-state index contributed by atoms with van der Waals surface area (Å²) in [7, 11) is 0. The maximum Gasteiger partial charge on any atom is 0.191 e. The monoisotopic (exact) mass is 391 g/mol. The molecule has 116 valence electrons. The Labute approximate surface area is 141 Å². The second kappa shape index (κ2) is 10.5. The summed E-state index contributed by atoms with van der Waals surface area (Å²) in [6.07, 6.45) is 14.2. The summed E-state index contributed by atoms with van der Waals surface area (Å²) >= 11 is 0. The number of halogens is 1. The number of aliphatic imine (C=N–C) groups is 1. The largest absolute Gasteiger partial charge is 0.357 e. The van der Waals surface area contributed by atoms with Crippen LogP contribution in [0.4, 0.5) is 0 Å². The molecule has 20 heavy (non-hydrogen) atoms. The molecular formula is C16H30IN3. The van der Waals surface area contributed by atoms with Crippen molar-refractivity contribution >= 4 is 29.9 Å². The van der Waals surface area contributed by atoms with Crippen molar-refractivity contribution in [2.45, 2.75) is 70.8 Å². The highest BCUT2D eigenvalue weighted by Crippen LogP contribution is 2.20. The molecule has 1 saturated carbocycles. The van der Waals surface area contributed by atoms with Crippen LogP contribution in [0.1, 0.15) is 64.7 Å². The highest BCUT2D eigenvalue weighted by Gasteiger charge is 2.15. The zero-order valence-electron chi connectivity index (χ0n) is 12.8. The SMILES string of the molecule is CCNC(=NCCC1=CCCCC1)NC1CCCC1.I. The van der Waals surface area contributed by atoms with Crippen molar-refractivity contribution < 1.29 is 0 Å². The number of nitrogens with zero attached hydrogens (tertiary/aromatic N) is 1. The normalized spacial score (nSPS) is 20.2. The van der Waals surface area contributed by atoms with E-state index in [-0.39, 0.29) is 24.0 Å². The third kappa shape index (κ3) is 6.46. The average molecular weight is 391 g/mol. The van der Waals surface area contributed by atoms with Gasteiger partial charge >= 0.3 is 0 Å². The quantitative estimate of drug-likeness (QED) is 0.322. The highest BCUT2D eigenvalue weighted by molar-refractivity contribution is 14.0. The lowest BCUT2D eigenvalue weighted by Gasteiger charge is -2.17. The van der Waals surface area contributed by atoms with Crippen molar-refractivity contribution in [1.82, 2.24) is 10.6 Å². The Morgan fingerprint density at radius 3 is 2.70 bits per heavy atom. The van der Waals surface area contributed by atoms with Crippen LogP contribution in [-0.2, 0) is 0 Å². The number of allylic oxidation sites excluding steroid dienone is 1. The Kier molecular flexibility index (Phi) is 9.31. The maximum absolute atomic E-state index is 4.72. The molecular weight excluding hydrogens is 361 g/mol. The number of hydrogen-bond acceptors (Lipinski definition) is 1. The van der Waals surface area contributed by atoms with Gasteiger partial charge in [0.15, 0.2) is 5.96 Å². The molecule has 0 amide bonds. The molecule has 0 heterocycles. The van der Waals surface area contributed by atoms with Crippen molar-refractivity contribution in [1.29, 1.82) is 0 Å². The zero-order valence-corrected chi connectivity index (χ0v) is 15.1. The van der Waals surface area contributed by atoms with Gasteiger partial charge in [0.25, 0.3) is 0 Å². The lowest BCUT2D eigenvalue weighted by atomic mass is 9.97. The van der Waals surface area contributed by atoms with Gasteiger partial charge in [-0.1, -0.05) is 24.5 Å². The van der Waals surface area contributed by atoms with Gasteiger partial charge in [-0.2, -0.15) is 0 Å². The Bertz CT molecular complexity index is 320. The van der Waals surface area contributed by atoms with E-state index < -0.39 is 0 Å². The summed E-state index contributed by atoms with van der Waals surface area (Å²) in [6.45, 7) is 4.00. The van der Waals surface area contributed by atoms with E-state index in [4.69, 9.17) is 4.99 Å². The first-order chi connectivity index (χ1) is 9.38. The van der Waals surface area contributed by atoms with Gasteiger partial charge in [0.2, 0.25) is 0 Å². The van der Waals surface area contributed by atoms with E-state index in [1.807, 2.05) is 0 Å². The van der Waals surface area contributed by atoms with Crippen molar-refractivity contribution in [3.05, 3.63) is 11.6 Å². The van der Waals surface area contributed by atoms with E-state index >= 15 is 0 Å². The van der Waals surface area contributed by atoms with Crippen molar-refractivity contribution in [2.75, 3.05) is 13.1 Å². The van der Waals surface area contributed by atoms with Crippen LogP contribution in [0.3, 0.4) is 0 Å². The first-order valence-corrected chi connectivity index (χ1v) is 8.11. The van der Waals surface area contributed by atoms with E-state index in [1.165, 1.54) is 51.4 Å². The maximum atomic E-state index is 4.72. The number of hydrogen-bond donors (Lipinski definition) is 2. The van der Waals surface area contributed by atoms with Gasteiger partial charge in [0.05, 0.1) is 0 Å². The van der Waals surface area contributed by atoms with Gasteiger partial charge in [0.1, 0.15) is 0 Å². The molecule has 0 aromatic heterocycles. The van der Waals surface area contributed by atoms with E-state index in [9.17, 15) is 0 Å². The molecule has 4 heteroatoms. The predicted molar refractivity (Wildman–Crippen MR) is 98.0 cm³/mol. The van der Waals surface area contributed by atoms with Crippen LogP contribution in [-0.4, -0.2) is 25.1 Å². The second-order valence-corrected chi connectivity index (χ2v) is 5.74. The molecule has 2 aliphatic carbocycles. The number of rotatable bonds is 5. The van der Waals surface area contributed by atoms with Gasteiger partial charge in [-0.05, 0) is 51.9 Å². The van der Waals surface area contributed by atoms with Crippen LogP contribution in [0.5, 0.6) is 0 Å². The smallest absolute Gasteiger partial charge is 0.191 e. The fourth-order valence-electron chi connectivity index (χ4n) is 3.03. The van der Waals surface area contributed by atoms with Crippen LogP contribution >= 0.6 is 24.0 Å². The van der Waals surface area contributed by atoms with Crippen LogP contribution < -0.4 is 10.6 Å². The number of nitrogens with one attached hydrogen (secondary N) is 2. The molecule has 1 fully saturated rings. The molecule has 2 N–H and O–H groups in total. The van der Waals surface area contributed by atoms with Crippen LogP contribution in [0, 0.1) is 0 Å². The minimum Gasteiger partial charge on any atom is -0.357 e. The van der Waals surface area contributed by atoms with E-state index in [0.29, 0.717) is 6.04 Å². The molecule has 0 radical (unpaired) electrons. The summed E-state index contributed by atoms with van der Waals surface area (Å²) in [5, 5.41) is 6.94. The van der Waals surface area contributed by atoms with Crippen molar-refractivity contribution in [3.8, 4) is 0 Å². The molecule has 3 nitrogen and oxygen atoms in total. The van der Waals surface area contributed by atoms with Gasteiger partial charge in [0, 0.05) is 19.1 Å². The van der Waals surface area contributed by atoms with Crippen LogP contribution in [0.15, 0.2) is 16.6 Å². The zero-order chi connectivity index (χ0) is 13.3. The third-order valence-corrected chi connectivity index (χ3v) is 4.13. The van der Waals surface area contributed by atoms with E-state index in [0.717, 1.165) is 25.5 Å². The van der Waals surface area contributed by atoms with E-state index in [1.54, 1.807) is 5.57 Å². The molecule has 2 aliphatic rings. The lowest BCUT2D eigenvalue weighted by molar-refractivity contribution is 0.613. The fraction of sp³-hybridized carbons (Fsp3) is 0.812. The summed E-state index contributed by atoms with van der Waals surface area (Å²) in [5.74, 6) is 1.02. The second-order valence-electron chi connectivity index (χ2n) is 5.74.